The second kappa shape index (κ2) is 8.12. The quantitative estimate of drug-likeness (QED) is 0.356. The molecule has 21 heavy (non-hydrogen) atoms. The zero-order valence-electron chi connectivity index (χ0n) is 11.0. The van der Waals surface area contributed by atoms with Crippen molar-refractivity contribution in [2.24, 2.45) is 0 Å². The second-order valence-electron chi connectivity index (χ2n) is 4.03. The van der Waals surface area contributed by atoms with E-state index in [-0.39, 0.29) is 25.4 Å². The molecule has 3 N–H and O–H groups in total. The number of hydrogen-bond donors (Lipinski definition) is 3. The summed E-state index contributed by atoms with van der Waals surface area (Å²) in [5, 5.41) is 30.8. The van der Waals surface area contributed by atoms with Crippen LogP contribution in [0, 0.1) is 15.9 Å². The van der Waals surface area contributed by atoms with Crippen molar-refractivity contribution < 1.29 is 29.1 Å². The Hall–Kier alpha value is -2.26. The number of nitro groups is 1. The molecule has 0 atom stereocenters. The predicted molar refractivity (Wildman–Crippen MR) is 71.0 cm³/mol. The van der Waals surface area contributed by atoms with Crippen LogP contribution in [-0.4, -0.2) is 47.5 Å². The standard InChI is InChI=1S/C12H15FN2O6/c13-9-7-10(14-2-1-4-21-5-3-16)11(15(19)20)6-8(9)12(17)18/h6-7,14,16H,1-5H2,(H,17,18). The molecule has 0 heterocycles. The van der Waals surface area contributed by atoms with Crippen molar-refractivity contribution in [1.29, 1.82) is 0 Å². The number of nitro benzene ring substituents is 1. The summed E-state index contributed by atoms with van der Waals surface area (Å²) < 4.78 is 18.5. The Morgan fingerprint density at radius 3 is 2.71 bits per heavy atom. The number of rotatable bonds is 9. The van der Waals surface area contributed by atoms with Gasteiger partial charge in [0.05, 0.1) is 18.1 Å². The maximum atomic E-state index is 13.5. The van der Waals surface area contributed by atoms with Crippen LogP contribution in [0.2, 0.25) is 0 Å². The Kier molecular flexibility index (Phi) is 6.50. The van der Waals surface area contributed by atoms with Gasteiger partial charge in [-0.2, -0.15) is 0 Å². The van der Waals surface area contributed by atoms with Crippen molar-refractivity contribution in [3.05, 3.63) is 33.6 Å². The molecule has 1 rings (SSSR count). The largest absolute Gasteiger partial charge is 0.478 e. The number of carboxylic acids is 1. The Morgan fingerprint density at radius 1 is 1.43 bits per heavy atom. The zero-order chi connectivity index (χ0) is 15.8. The molecule has 0 bridgehead atoms. The molecular formula is C12H15FN2O6. The second-order valence-corrected chi connectivity index (χ2v) is 4.03. The van der Waals surface area contributed by atoms with E-state index in [4.69, 9.17) is 14.9 Å². The van der Waals surface area contributed by atoms with Gasteiger partial charge in [0.2, 0.25) is 0 Å². The SMILES string of the molecule is O=C(O)c1cc([N+](=O)[O-])c(NCCCOCCO)cc1F. The fourth-order valence-corrected chi connectivity index (χ4v) is 1.58. The van der Waals surface area contributed by atoms with Crippen molar-refractivity contribution in [2.75, 3.05) is 31.7 Å². The van der Waals surface area contributed by atoms with Gasteiger partial charge in [0.15, 0.2) is 0 Å². The molecule has 0 aliphatic heterocycles. The summed E-state index contributed by atoms with van der Waals surface area (Å²) in [5.74, 6) is -2.62. The number of nitrogens with zero attached hydrogens (tertiary/aromatic N) is 1. The molecule has 1 aromatic carbocycles. The maximum Gasteiger partial charge on any atom is 0.338 e. The summed E-state index contributed by atoms with van der Waals surface area (Å²) in [6, 6.07) is 1.47. The van der Waals surface area contributed by atoms with Crippen molar-refractivity contribution in [3.8, 4) is 0 Å². The number of nitrogens with one attached hydrogen (secondary N) is 1. The molecule has 0 saturated carbocycles. The Bertz CT molecular complexity index is 523. The van der Waals surface area contributed by atoms with Crippen LogP contribution < -0.4 is 5.32 Å². The van der Waals surface area contributed by atoms with Gasteiger partial charge in [-0.15, -0.1) is 0 Å². The lowest BCUT2D eigenvalue weighted by molar-refractivity contribution is -0.384. The van der Waals surface area contributed by atoms with Crippen LogP contribution in [0.4, 0.5) is 15.8 Å². The molecular weight excluding hydrogens is 287 g/mol. The minimum Gasteiger partial charge on any atom is -0.478 e. The van der Waals surface area contributed by atoms with Crippen LogP contribution in [0.25, 0.3) is 0 Å². The van der Waals surface area contributed by atoms with Crippen molar-refractivity contribution in [1.82, 2.24) is 0 Å². The number of aliphatic hydroxyl groups excluding tert-OH is 1. The number of carbonyl (C=O) groups is 1. The number of halogens is 1. The molecule has 0 aliphatic carbocycles. The van der Waals surface area contributed by atoms with Gasteiger partial charge in [-0.05, 0) is 6.42 Å². The van der Waals surface area contributed by atoms with E-state index in [1.807, 2.05) is 0 Å². The smallest absolute Gasteiger partial charge is 0.338 e. The predicted octanol–water partition coefficient (Wildman–Crippen LogP) is 1.24. The van der Waals surface area contributed by atoms with Crippen molar-refractivity contribution in [3.63, 3.8) is 0 Å². The van der Waals surface area contributed by atoms with Gasteiger partial charge in [0.25, 0.3) is 5.69 Å². The van der Waals surface area contributed by atoms with Crippen molar-refractivity contribution in [2.45, 2.75) is 6.42 Å². The van der Waals surface area contributed by atoms with Crippen LogP contribution in [0.5, 0.6) is 0 Å². The summed E-state index contributed by atoms with van der Waals surface area (Å²) in [4.78, 5) is 20.8. The molecule has 116 valence electrons. The first-order valence-corrected chi connectivity index (χ1v) is 6.11. The molecule has 8 nitrogen and oxygen atoms in total. The fourth-order valence-electron chi connectivity index (χ4n) is 1.58. The zero-order valence-corrected chi connectivity index (χ0v) is 11.0. The van der Waals surface area contributed by atoms with Gasteiger partial charge in [0.1, 0.15) is 17.1 Å². The first-order valence-electron chi connectivity index (χ1n) is 6.11. The van der Waals surface area contributed by atoms with E-state index in [1.54, 1.807) is 0 Å². The van der Waals surface area contributed by atoms with E-state index in [2.05, 4.69) is 5.32 Å². The molecule has 1 aromatic rings. The maximum absolute atomic E-state index is 13.5. The average Bonchev–Trinajstić information content (AvgIpc) is 2.42. The first-order chi connectivity index (χ1) is 9.97. The van der Waals surface area contributed by atoms with E-state index in [0.29, 0.717) is 19.1 Å². The molecule has 0 radical (unpaired) electrons. The number of anilines is 1. The molecule has 9 heteroatoms. The van der Waals surface area contributed by atoms with Crippen molar-refractivity contribution >= 4 is 17.3 Å². The lowest BCUT2D eigenvalue weighted by atomic mass is 10.1. The molecule has 0 amide bonds. The summed E-state index contributed by atoms with van der Waals surface area (Å²) in [5.41, 5.74) is -1.35. The Labute approximate surface area is 119 Å². The highest BCUT2D eigenvalue weighted by atomic mass is 19.1. The van der Waals surface area contributed by atoms with Gasteiger partial charge >= 0.3 is 5.97 Å². The lowest BCUT2D eigenvalue weighted by Crippen LogP contribution is -2.10. The summed E-state index contributed by atoms with van der Waals surface area (Å²) in [6.07, 6.45) is 0.486. The van der Waals surface area contributed by atoms with E-state index in [1.165, 1.54) is 0 Å². The number of aromatic carboxylic acids is 1. The van der Waals surface area contributed by atoms with Crippen LogP contribution in [0.1, 0.15) is 16.8 Å². The van der Waals surface area contributed by atoms with Gasteiger partial charge in [-0.3, -0.25) is 10.1 Å². The average molecular weight is 302 g/mol. The third-order valence-electron chi connectivity index (χ3n) is 2.53. The summed E-state index contributed by atoms with van der Waals surface area (Å²) in [6.45, 7) is 0.706. The highest BCUT2D eigenvalue weighted by Crippen LogP contribution is 2.27. The summed E-state index contributed by atoms with van der Waals surface area (Å²) >= 11 is 0. The van der Waals surface area contributed by atoms with Gasteiger partial charge < -0.3 is 20.3 Å². The van der Waals surface area contributed by atoms with Gasteiger partial charge in [-0.25, -0.2) is 9.18 Å². The van der Waals surface area contributed by atoms with Gasteiger partial charge in [-0.1, -0.05) is 0 Å². The number of ether oxygens (including phenoxy) is 1. The van der Waals surface area contributed by atoms with E-state index in [0.717, 1.165) is 6.07 Å². The fraction of sp³-hybridized carbons (Fsp3) is 0.417. The molecule has 0 fully saturated rings. The molecule has 0 unspecified atom stereocenters. The lowest BCUT2D eigenvalue weighted by Gasteiger charge is -2.08. The first kappa shape index (κ1) is 16.8. The monoisotopic (exact) mass is 302 g/mol. The minimum absolute atomic E-state index is 0.0929. The van der Waals surface area contributed by atoms with E-state index < -0.39 is 28.0 Å². The number of hydrogen-bond acceptors (Lipinski definition) is 6. The number of carboxylic acid groups (broad SMARTS) is 1. The highest BCUT2D eigenvalue weighted by molar-refractivity contribution is 5.90. The number of aliphatic hydroxyl groups is 1. The van der Waals surface area contributed by atoms with Gasteiger partial charge in [0, 0.05) is 25.3 Å². The molecule has 0 aliphatic rings. The molecule has 0 spiro atoms. The topological polar surface area (TPSA) is 122 Å². The third-order valence-corrected chi connectivity index (χ3v) is 2.53. The van der Waals surface area contributed by atoms with Crippen LogP contribution in [0.3, 0.4) is 0 Å². The molecule has 0 aromatic heterocycles. The van der Waals surface area contributed by atoms with Crippen LogP contribution >= 0.6 is 0 Å². The summed E-state index contributed by atoms with van der Waals surface area (Å²) in [7, 11) is 0. The normalized spacial score (nSPS) is 10.4. The Balaban J connectivity index is 2.74. The Morgan fingerprint density at radius 2 is 2.14 bits per heavy atom. The number of benzene rings is 1. The van der Waals surface area contributed by atoms with E-state index in [9.17, 15) is 19.3 Å². The van der Waals surface area contributed by atoms with Crippen LogP contribution in [0.15, 0.2) is 12.1 Å². The van der Waals surface area contributed by atoms with Crippen LogP contribution in [-0.2, 0) is 4.74 Å². The third kappa shape index (κ3) is 4.97. The molecule has 0 saturated heterocycles. The minimum atomic E-state index is -1.57. The highest BCUT2D eigenvalue weighted by Gasteiger charge is 2.21. The van der Waals surface area contributed by atoms with E-state index >= 15 is 0 Å².